The number of likely N-dealkylation sites (tertiary alicyclic amines) is 1. The molecule has 0 bridgehead atoms. The predicted molar refractivity (Wildman–Crippen MR) is 220 cm³/mol. The van der Waals surface area contributed by atoms with Crippen LogP contribution in [0, 0.1) is 29.6 Å². The van der Waals surface area contributed by atoms with E-state index in [0.717, 1.165) is 36.3 Å². The highest BCUT2D eigenvalue weighted by Gasteiger charge is 2.40. The van der Waals surface area contributed by atoms with Crippen LogP contribution in [0.2, 0.25) is 0 Å². The van der Waals surface area contributed by atoms with Gasteiger partial charge in [-0.05, 0) is 76.9 Å². The fourth-order valence-electron chi connectivity index (χ4n) is 6.97. The van der Waals surface area contributed by atoms with Crippen molar-refractivity contribution in [2.24, 2.45) is 17.3 Å². The standard InChI is InChI=1S/C43H63N5O8S/c1-10-12-18-23-55-48(41(52)37(29(5)11-2)46-39(51)34-21-16-17-22-47(34)9)35(28(3)4)25-36(56-30(6)49)40-45-33(27-57-40)38(50)44-32(26-43(7,8)42(53)54)24-31-19-14-13-15-20-31/h1,13-15,19-20,27-29,32,34-37H,11-12,16-18,21-26H2,2-9H3,(H,44,50)(H,46,51)(H,53,54)/t29-,32-,34+,35+,36+,37-/m0/s1. The van der Waals surface area contributed by atoms with Crippen LogP contribution in [0.25, 0.3) is 0 Å². The number of rotatable bonds is 22. The zero-order valence-electron chi connectivity index (χ0n) is 34.9. The van der Waals surface area contributed by atoms with Crippen LogP contribution in [-0.2, 0) is 35.2 Å². The van der Waals surface area contributed by atoms with Crippen molar-refractivity contribution in [1.82, 2.24) is 25.6 Å². The van der Waals surface area contributed by atoms with Crippen LogP contribution in [0.15, 0.2) is 35.7 Å². The Labute approximate surface area is 342 Å². The van der Waals surface area contributed by atoms with Gasteiger partial charge in [0.25, 0.3) is 11.8 Å². The van der Waals surface area contributed by atoms with Crippen molar-refractivity contribution in [3.8, 4) is 12.3 Å². The molecule has 2 heterocycles. The summed E-state index contributed by atoms with van der Waals surface area (Å²) in [6.45, 7) is 13.2. The number of unbranched alkanes of at least 4 members (excludes halogenated alkanes) is 1. The lowest BCUT2D eigenvalue weighted by atomic mass is 9.84. The Morgan fingerprint density at radius 1 is 1.12 bits per heavy atom. The molecule has 314 valence electrons. The molecule has 1 aliphatic heterocycles. The Kier molecular flexibility index (Phi) is 18.6. The number of aromatic nitrogens is 1. The average Bonchev–Trinajstić information content (AvgIpc) is 3.66. The molecule has 14 heteroatoms. The van der Waals surface area contributed by atoms with E-state index in [1.807, 2.05) is 70.0 Å². The van der Waals surface area contributed by atoms with Crippen LogP contribution in [0.5, 0.6) is 0 Å². The van der Waals surface area contributed by atoms with Gasteiger partial charge in [-0.25, -0.2) is 10.0 Å². The zero-order chi connectivity index (χ0) is 42.3. The minimum atomic E-state index is -1.11. The minimum absolute atomic E-state index is 0.0860. The number of carboxylic acid groups (broad SMARTS) is 1. The molecule has 3 rings (SSSR count). The number of hydroxylamine groups is 2. The van der Waals surface area contributed by atoms with Gasteiger partial charge in [0.1, 0.15) is 16.7 Å². The normalized spacial score (nSPS) is 17.4. The number of carboxylic acids is 1. The number of carbonyl (C=O) groups is 5. The molecule has 3 N–H and O–H groups in total. The quantitative estimate of drug-likeness (QED) is 0.0540. The molecule has 3 amide bonds. The number of carbonyl (C=O) groups excluding carboxylic acids is 4. The van der Waals surface area contributed by atoms with Crippen molar-refractivity contribution in [2.75, 3.05) is 20.2 Å². The third-order valence-electron chi connectivity index (χ3n) is 10.6. The van der Waals surface area contributed by atoms with Gasteiger partial charge in [-0.3, -0.25) is 33.7 Å². The van der Waals surface area contributed by atoms with Crippen LogP contribution in [0.1, 0.15) is 127 Å². The third-order valence-corrected chi connectivity index (χ3v) is 11.6. The lowest BCUT2D eigenvalue weighted by Gasteiger charge is -2.39. The number of thiazole rings is 1. The fourth-order valence-corrected chi connectivity index (χ4v) is 7.81. The first-order chi connectivity index (χ1) is 27.0. The number of nitrogens with zero attached hydrogens (tertiary/aromatic N) is 3. The van der Waals surface area contributed by atoms with Crippen molar-refractivity contribution in [1.29, 1.82) is 0 Å². The van der Waals surface area contributed by atoms with Crippen LogP contribution >= 0.6 is 11.3 Å². The topological polar surface area (TPSA) is 167 Å². The van der Waals surface area contributed by atoms with Gasteiger partial charge in [0.15, 0.2) is 6.10 Å². The van der Waals surface area contributed by atoms with Gasteiger partial charge < -0.3 is 20.5 Å². The molecule has 0 aliphatic carbocycles. The van der Waals surface area contributed by atoms with Crippen molar-refractivity contribution >= 4 is 41.0 Å². The monoisotopic (exact) mass is 809 g/mol. The number of hydrogen-bond acceptors (Lipinski definition) is 10. The van der Waals surface area contributed by atoms with Crippen molar-refractivity contribution in [3.05, 3.63) is 52.0 Å². The average molecular weight is 810 g/mol. The summed E-state index contributed by atoms with van der Waals surface area (Å²) in [4.78, 5) is 79.5. The molecule has 0 spiro atoms. The summed E-state index contributed by atoms with van der Waals surface area (Å²) in [5, 5.41) is 19.2. The Morgan fingerprint density at radius 3 is 2.42 bits per heavy atom. The molecule has 57 heavy (non-hydrogen) atoms. The maximum Gasteiger partial charge on any atom is 0.309 e. The van der Waals surface area contributed by atoms with Crippen molar-refractivity contribution in [2.45, 2.75) is 137 Å². The number of benzene rings is 1. The van der Waals surface area contributed by atoms with E-state index in [2.05, 4.69) is 21.5 Å². The van der Waals surface area contributed by atoms with Crippen molar-refractivity contribution < 1.29 is 38.7 Å². The second-order valence-electron chi connectivity index (χ2n) is 16.1. The lowest BCUT2D eigenvalue weighted by molar-refractivity contribution is -0.213. The molecule has 1 aliphatic rings. The van der Waals surface area contributed by atoms with E-state index in [-0.39, 0.29) is 48.9 Å². The summed E-state index contributed by atoms with van der Waals surface area (Å²) in [7, 11) is 1.92. The van der Waals surface area contributed by atoms with Gasteiger partial charge in [-0.2, -0.15) is 0 Å². The molecule has 1 fully saturated rings. The van der Waals surface area contributed by atoms with E-state index in [4.69, 9.17) is 16.0 Å². The number of esters is 1. The Balaban J connectivity index is 1.94. The zero-order valence-corrected chi connectivity index (χ0v) is 35.7. The summed E-state index contributed by atoms with van der Waals surface area (Å²) in [5.74, 6) is -0.495. The van der Waals surface area contributed by atoms with E-state index >= 15 is 0 Å². The molecule has 13 nitrogen and oxygen atoms in total. The maximum absolute atomic E-state index is 14.7. The fraction of sp³-hybridized carbons (Fsp3) is 0.628. The summed E-state index contributed by atoms with van der Waals surface area (Å²) in [6.07, 6.45) is 9.42. The molecule has 2 aromatic rings. The first-order valence-electron chi connectivity index (χ1n) is 20.1. The highest BCUT2D eigenvalue weighted by Crippen LogP contribution is 2.32. The van der Waals surface area contributed by atoms with Crippen LogP contribution < -0.4 is 10.6 Å². The first-order valence-corrected chi connectivity index (χ1v) is 21.0. The SMILES string of the molecule is C#CCCCON(C(=O)[C@@H](NC(=O)[C@H]1CCCCN1C)[C@@H](C)CC)[C@H](C[C@@H](OC(C)=O)c1nc(C(=O)N[C@@H](Cc2ccccc2)CC(C)(C)C(=O)O)cs1)C(C)C. The molecule has 0 saturated carbocycles. The predicted octanol–water partition coefficient (Wildman–Crippen LogP) is 6.19. The minimum Gasteiger partial charge on any atom is -0.481 e. The van der Waals surface area contributed by atoms with Crippen LogP contribution in [0.4, 0.5) is 0 Å². The molecular formula is C43H63N5O8S. The molecular weight excluding hydrogens is 747 g/mol. The highest BCUT2D eigenvalue weighted by atomic mass is 32.1. The Hall–Kier alpha value is -4.32. The highest BCUT2D eigenvalue weighted by molar-refractivity contribution is 7.09. The van der Waals surface area contributed by atoms with E-state index in [0.29, 0.717) is 37.1 Å². The summed E-state index contributed by atoms with van der Waals surface area (Å²) < 4.78 is 5.84. The van der Waals surface area contributed by atoms with E-state index < -0.39 is 53.4 Å². The van der Waals surface area contributed by atoms with E-state index in [1.165, 1.54) is 12.0 Å². The van der Waals surface area contributed by atoms with E-state index in [9.17, 15) is 29.1 Å². The number of ether oxygens (including phenoxy) is 1. The van der Waals surface area contributed by atoms with Crippen LogP contribution in [0.3, 0.4) is 0 Å². The largest absolute Gasteiger partial charge is 0.481 e. The van der Waals surface area contributed by atoms with Gasteiger partial charge in [-0.15, -0.1) is 23.7 Å². The number of piperidine rings is 1. The van der Waals surface area contributed by atoms with Gasteiger partial charge in [0.2, 0.25) is 5.91 Å². The van der Waals surface area contributed by atoms with Gasteiger partial charge >= 0.3 is 11.9 Å². The third kappa shape index (κ3) is 14.2. The number of nitrogens with one attached hydrogen (secondary N) is 2. The molecule has 6 atom stereocenters. The first kappa shape index (κ1) is 47.1. The number of amides is 3. The van der Waals surface area contributed by atoms with Gasteiger partial charge in [-0.1, -0.05) is 70.9 Å². The van der Waals surface area contributed by atoms with Gasteiger partial charge in [0, 0.05) is 31.2 Å². The number of likely N-dealkylation sites (N-methyl/N-ethyl adjacent to an activating group) is 1. The Morgan fingerprint density at radius 2 is 1.82 bits per heavy atom. The second-order valence-corrected chi connectivity index (χ2v) is 17.0. The molecule has 0 unspecified atom stereocenters. The van der Waals surface area contributed by atoms with Crippen LogP contribution in [-0.4, -0.2) is 94.1 Å². The smallest absolute Gasteiger partial charge is 0.309 e. The van der Waals surface area contributed by atoms with Crippen molar-refractivity contribution in [3.63, 3.8) is 0 Å². The molecule has 0 radical (unpaired) electrons. The maximum atomic E-state index is 14.7. The summed E-state index contributed by atoms with van der Waals surface area (Å²) >= 11 is 1.14. The number of terminal acetylenes is 1. The number of aliphatic carboxylic acids is 1. The lowest BCUT2D eigenvalue weighted by Crippen LogP contribution is -2.58. The van der Waals surface area contributed by atoms with Gasteiger partial charge in [0.05, 0.1) is 24.1 Å². The molecule has 1 saturated heterocycles. The van der Waals surface area contributed by atoms with E-state index in [1.54, 1.807) is 19.2 Å². The summed E-state index contributed by atoms with van der Waals surface area (Å²) in [5.41, 5.74) is -0.0821. The Bertz CT molecular complexity index is 1670. The number of hydrogen-bond donors (Lipinski definition) is 3. The second kappa shape index (κ2) is 22.6. The summed E-state index contributed by atoms with van der Waals surface area (Å²) in [6, 6.07) is 7.10. The molecule has 1 aromatic carbocycles. The molecule has 1 aromatic heterocycles.